The summed E-state index contributed by atoms with van der Waals surface area (Å²) in [5.41, 5.74) is 1.29. The quantitative estimate of drug-likeness (QED) is 0.806. The van der Waals surface area contributed by atoms with Gasteiger partial charge in [-0.3, -0.25) is 4.98 Å². The van der Waals surface area contributed by atoms with Gasteiger partial charge in [0.1, 0.15) is 5.82 Å². The van der Waals surface area contributed by atoms with Gasteiger partial charge in [0.2, 0.25) is 0 Å². The van der Waals surface area contributed by atoms with Gasteiger partial charge in [-0.05, 0) is 42.5 Å². The van der Waals surface area contributed by atoms with Crippen LogP contribution in [-0.4, -0.2) is 11.0 Å². The monoisotopic (exact) mass is 315 g/mol. The van der Waals surface area contributed by atoms with Crippen molar-refractivity contribution in [3.05, 3.63) is 65.1 Å². The lowest BCUT2D eigenvalue weighted by Crippen LogP contribution is -2.23. The lowest BCUT2D eigenvalue weighted by molar-refractivity contribution is -0.254. The van der Waals surface area contributed by atoms with Gasteiger partial charge in [-0.15, -0.1) is 0 Å². The number of pyridine rings is 1. The molecule has 2 aromatic carbocycles. The summed E-state index contributed by atoms with van der Waals surface area (Å²) in [6, 6.07) is 10.3. The highest BCUT2D eigenvalue weighted by Crippen LogP contribution is 2.28. The van der Waals surface area contributed by atoms with Crippen molar-refractivity contribution in [2.75, 3.05) is 5.32 Å². The Bertz CT molecular complexity index is 883. The molecule has 0 aliphatic rings. The van der Waals surface area contributed by atoms with E-state index < -0.39 is 11.8 Å². The third kappa shape index (κ3) is 2.71. The second kappa shape index (κ2) is 5.61. The number of carbonyl (C=O) groups is 1. The zero-order valence-electron chi connectivity index (χ0n) is 11.1. The van der Waals surface area contributed by atoms with Crippen LogP contribution in [0.25, 0.3) is 10.9 Å². The van der Waals surface area contributed by atoms with Gasteiger partial charge < -0.3 is 15.2 Å². The maximum atomic E-state index is 13.2. The van der Waals surface area contributed by atoms with Gasteiger partial charge in [0.05, 0.1) is 11.5 Å². The molecule has 6 heteroatoms. The molecule has 0 bridgehead atoms. The summed E-state index contributed by atoms with van der Waals surface area (Å²) in [5.74, 6) is -2.10. The van der Waals surface area contributed by atoms with E-state index in [1.807, 2.05) is 0 Å². The first-order valence-corrected chi connectivity index (χ1v) is 6.74. The Balaban J connectivity index is 2.09. The molecule has 3 rings (SSSR count). The smallest absolute Gasteiger partial charge is 0.124 e. The first-order valence-electron chi connectivity index (χ1n) is 6.37. The fraction of sp³-hybridized carbons (Fsp3) is 0. The van der Waals surface area contributed by atoms with Gasteiger partial charge in [0.15, 0.2) is 0 Å². The lowest BCUT2D eigenvalue weighted by atomic mass is 10.1. The number of hydrogen-bond donors (Lipinski definition) is 1. The molecule has 110 valence electrons. The third-order valence-corrected chi connectivity index (χ3v) is 3.41. The number of carbonyl (C=O) groups excluding carboxylic acids is 1. The van der Waals surface area contributed by atoms with Crippen molar-refractivity contribution in [1.82, 2.24) is 4.98 Å². The number of nitrogens with one attached hydrogen (secondary N) is 1. The number of rotatable bonds is 3. The Morgan fingerprint density at radius 1 is 1.14 bits per heavy atom. The molecule has 0 saturated heterocycles. The maximum Gasteiger partial charge on any atom is 0.124 e. The normalized spacial score (nSPS) is 10.6. The number of fused-ring (bicyclic) bond motifs is 1. The topological polar surface area (TPSA) is 65.0 Å². The van der Waals surface area contributed by atoms with Crippen LogP contribution in [0.5, 0.6) is 0 Å². The van der Waals surface area contributed by atoms with Crippen LogP contribution in [0.1, 0.15) is 10.4 Å². The van der Waals surface area contributed by atoms with E-state index in [1.54, 1.807) is 30.5 Å². The van der Waals surface area contributed by atoms with Crippen LogP contribution in [0.15, 0.2) is 48.7 Å². The number of aromatic nitrogens is 1. The molecule has 3 aromatic rings. The fourth-order valence-electron chi connectivity index (χ4n) is 2.17. The molecule has 0 aliphatic carbocycles. The van der Waals surface area contributed by atoms with Crippen molar-refractivity contribution in [3.8, 4) is 0 Å². The van der Waals surface area contributed by atoms with Crippen LogP contribution in [0.4, 0.5) is 15.8 Å². The molecule has 0 atom stereocenters. The molecule has 0 amide bonds. The third-order valence-electron chi connectivity index (χ3n) is 3.18. The largest absolute Gasteiger partial charge is 0.545 e. The first kappa shape index (κ1) is 14.3. The Labute approximate surface area is 130 Å². The average molecular weight is 316 g/mol. The summed E-state index contributed by atoms with van der Waals surface area (Å²) in [6.45, 7) is 0. The summed E-state index contributed by atoms with van der Waals surface area (Å²) in [7, 11) is 0. The van der Waals surface area contributed by atoms with E-state index in [9.17, 15) is 14.3 Å². The number of carboxylic acid groups (broad SMARTS) is 1. The predicted molar refractivity (Wildman–Crippen MR) is 80.8 cm³/mol. The maximum absolute atomic E-state index is 13.2. The summed E-state index contributed by atoms with van der Waals surface area (Å²) < 4.78 is 13.2. The van der Waals surface area contributed by atoms with Crippen LogP contribution in [-0.2, 0) is 0 Å². The Hall–Kier alpha value is -2.66. The van der Waals surface area contributed by atoms with E-state index in [2.05, 4.69) is 10.3 Å². The van der Waals surface area contributed by atoms with Gasteiger partial charge in [-0.1, -0.05) is 11.6 Å². The van der Waals surface area contributed by atoms with Crippen molar-refractivity contribution in [1.29, 1.82) is 0 Å². The van der Waals surface area contributed by atoms with Crippen LogP contribution < -0.4 is 10.4 Å². The van der Waals surface area contributed by atoms with E-state index in [4.69, 9.17) is 11.6 Å². The molecule has 1 heterocycles. The van der Waals surface area contributed by atoms with Gasteiger partial charge in [0.25, 0.3) is 0 Å². The highest BCUT2D eigenvalue weighted by atomic mass is 35.5. The van der Waals surface area contributed by atoms with E-state index in [-0.39, 0.29) is 11.3 Å². The highest BCUT2D eigenvalue weighted by Gasteiger charge is 2.08. The van der Waals surface area contributed by atoms with Gasteiger partial charge in [-0.2, -0.15) is 0 Å². The summed E-state index contributed by atoms with van der Waals surface area (Å²) in [4.78, 5) is 15.3. The molecule has 0 unspecified atom stereocenters. The number of aromatic carboxylic acids is 1. The van der Waals surface area contributed by atoms with E-state index in [0.717, 1.165) is 11.5 Å². The molecule has 22 heavy (non-hydrogen) atoms. The first-order chi connectivity index (χ1) is 10.5. The van der Waals surface area contributed by atoms with Crippen LogP contribution >= 0.6 is 11.6 Å². The van der Waals surface area contributed by atoms with Crippen molar-refractivity contribution in [2.24, 2.45) is 0 Å². The summed E-state index contributed by atoms with van der Waals surface area (Å²) >= 11 is 5.93. The van der Waals surface area contributed by atoms with Gasteiger partial charge in [0, 0.05) is 33.5 Å². The minimum absolute atomic E-state index is 0.240. The van der Waals surface area contributed by atoms with E-state index >= 15 is 0 Å². The zero-order valence-corrected chi connectivity index (χ0v) is 11.9. The Morgan fingerprint density at radius 2 is 1.95 bits per heavy atom. The van der Waals surface area contributed by atoms with Gasteiger partial charge in [-0.25, -0.2) is 4.39 Å². The predicted octanol–water partition coefficient (Wildman–Crippen LogP) is 3.13. The lowest BCUT2D eigenvalue weighted by Gasteiger charge is -2.14. The second-order valence-corrected chi connectivity index (χ2v) is 5.06. The van der Waals surface area contributed by atoms with Crippen LogP contribution in [0, 0.1) is 5.82 Å². The van der Waals surface area contributed by atoms with Crippen molar-refractivity contribution in [3.63, 3.8) is 0 Å². The SMILES string of the molecule is O=C([O-])c1cc(F)ccc1Nc1ccnc2cc(Cl)ccc12. The molecule has 0 fully saturated rings. The van der Waals surface area contributed by atoms with E-state index in [1.165, 1.54) is 12.1 Å². The number of benzene rings is 2. The summed E-state index contributed by atoms with van der Waals surface area (Å²) in [5, 5.41) is 15.4. The zero-order chi connectivity index (χ0) is 15.7. The highest BCUT2D eigenvalue weighted by molar-refractivity contribution is 6.31. The number of halogens is 2. The van der Waals surface area contributed by atoms with Gasteiger partial charge >= 0.3 is 0 Å². The minimum Gasteiger partial charge on any atom is -0.545 e. The standard InChI is InChI=1S/C16H10ClFN2O2/c17-9-1-3-11-14(5-6-19-15(11)7-9)20-13-4-2-10(18)8-12(13)16(21)22/h1-8H,(H,19,20)(H,21,22)/p-1. The molecule has 0 saturated carbocycles. The molecule has 1 aromatic heterocycles. The van der Waals surface area contributed by atoms with E-state index in [0.29, 0.717) is 16.2 Å². The molecule has 0 spiro atoms. The van der Waals surface area contributed by atoms with Crippen molar-refractivity contribution in [2.45, 2.75) is 0 Å². The number of anilines is 2. The average Bonchev–Trinajstić information content (AvgIpc) is 2.48. The molecule has 1 N–H and O–H groups in total. The molecule has 4 nitrogen and oxygen atoms in total. The second-order valence-electron chi connectivity index (χ2n) is 4.62. The fourth-order valence-corrected chi connectivity index (χ4v) is 2.34. The van der Waals surface area contributed by atoms with Crippen LogP contribution in [0.2, 0.25) is 5.02 Å². The Kier molecular flexibility index (Phi) is 3.65. The van der Waals surface area contributed by atoms with Crippen molar-refractivity contribution < 1.29 is 14.3 Å². The molecular formula is C16H9ClFN2O2-. The van der Waals surface area contributed by atoms with Crippen LogP contribution in [0.3, 0.4) is 0 Å². The van der Waals surface area contributed by atoms with Crippen molar-refractivity contribution >= 4 is 39.8 Å². The Morgan fingerprint density at radius 3 is 2.73 bits per heavy atom. The minimum atomic E-state index is -1.46. The molecular weight excluding hydrogens is 307 g/mol. The number of hydrogen-bond acceptors (Lipinski definition) is 4. The molecule has 0 aliphatic heterocycles. The summed E-state index contributed by atoms with van der Waals surface area (Å²) in [6.07, 6.45) is 1.57. The molecule has 0 radical (unpaired) electrons. The number of carboxylic acids is 1. The number of nitrogens with zero attached hydrogens (tertiary/aromatic N) is 1.